The average Bonchev–Trinajstić information content (AvgIpc) is 2.66. The predicted molar refractivity (Wildman–Crippen MR) is 104 cm³/mol. The van der Waals surface area contributed by atoms with Gasteiger partial charge in [0.1, 0.15) is 11.4 Å². The molecule has 1 heterocycles. The summed E-state index contributed by atoms with van der Waals surface area (Å²) in [6.45, 7) is 4.45. The van der Waals surface area contributed by atoms with Crippen LogP contribution >= 0.6 is 0 Å². The Hall–Kier alpha value is -2.66. The maximum absolute atomic E-state index is 11.1. The van der Waals surface area contributed by atoms with Crippen LogP contribution in [-0.2, 0) is 11.8 Å². The minimum atomic E-state index is -0.618. The van der Waals surface area contributed by atoms with E-state index in [-0.39, 0.29) is 23.6 Å². The van der Waals surface area contributed by atoms with Gasteiger partial charge in [-0.2, -0.15) is 0 Å². The first-order chi connectivity index (χ1) is 12.9. The molecule has 2 aromatic carbocycles. The van der Waals surface area contributed by atoms with Crippen LogP contribution in [0.15, 0.2) is 48.5 Å². The lowest BCUT2D eigenvalue weighted by Gasteiger charge is -2.54. The van der Waals surface area contributed by atoms with Gasteiger partial charge < -0.3 is 9.84 Å². The smallest absolute Gasteiger partial charge is 0.270 e. The molecule has 0 aromatic heterocycles. The molecule has 1 N–H and O–H groups in total. The van der Waals surface area contributed by atoms with Crippen LogP contribution in [0, 0.1) is 16.0 Å². The fraction of sp³-hybridized carbons (Fsp3) is 0.364. The van der Waals surface area contributed by atoms with Crippen LogP contribution < -0.4 is 4.74 Å². The maximum Gasteiger partial charge on any atom is 0.270 e. The molecule has 2 aromatic rings. The minimum absolute atomic E-state index is 0.0538. The zero-order valence-corrected chi connectivity index (χ0v) is 15.5. The van der Waals surface area contributed by atoms with Gasteiger partial charge in [-0.1, -0.05) is 44.2 Å². The number of rotatable bonds is 3. The SMILES string of the molecule is CC1(C)c2ccccc2CC(CCO)C12C=Cc1cc([N+](=O)[O-])ccc1O2. The topological polar surface area (TPSA) is 72.6 Å². The van der Waals surface area contributed by atoms with E-state index < -0.39 is 10.5 Å². The van der Waals surface area contributed by atoms with Gasteiger partial charge in [-0.15, -0.1) is 0 Å². The van der Waals surface area contributed by atoms with Crippen molar-refractivity contribution in [1.29, 1.82) is 0 Å². The van der Waals surface area contributed by atoms with E-state index in [2.05, 4.69) is 38.1 Å². The summed E-state index contributed by atoms with van der Waals surface area (Å²) < 4.78 is 6.61. The molecule has 140 valence electrons. The van der Waals surface area contributed by atoms with Crippen molar-refractivity contribution in [1.82, 2.24) is 0 Å². The number of benzene rings is 2. The van der Waals surface area contributed by atoms with Gasteiger partial charge >= 0.3 is 0 Å². The molecule has 0 saturated carbocycles. The second kappa shape index (κ2) is 6.20. The van der Waals surface area contributed by atoms with Crippen molar-refractivity contribution >= 4 is 11.8 Å². The van der Waals surface area contributed by atoms with Crippen LogP contribution in [0.1, 0.15) is 37.0 Å². The highest BCUT2D eigenvalue weighted by Crippen LogP contribution is 2.53. The fourth-order valence-electron chi connectivity index (χ4n) is 4.78. The van der Waals surface area contributed by atoms with Crippen molar-refractivity contribution in [2.45, 2.75) is 37.7 Å². The number of fused-ring (bicyclic) bond motifs is 2. The lowest BCUT2D eigenvalue weighted by molar-refractivity contribution is -0.384. The summed E-state index contributed by atoms with van der Waals surface area (Å²) in [4.78, 5) is 10.7. The summed E-state index contributed by atoms with van der Waals surface area (Å²) in [6, 6.07) is 13.1. The molecule has 0 saturated heterocycles. The second-order valence-corrected chi connectivity index (χ2v) is 7.90. The van der Waals surface area contributed by atoms with Crippen molar-refractivity contribution in [2.24, 2.45) is 5.92 Å². The molecule has 2 atom stereocenters. The summed E-state index contributed by atoms with van der Waals surface area (Å²) in [6.07, 6.45) is 5.44. The zero-order chi connectivity index (χ0) is 19.2. The normalized spacial score (nSPS) is 24.8. The number of aliphatic hydroxyl groups is 1. The highest BCUT2D eigenvalue weighted by atomic mass is 16.6. The van der Waals surface area contributed by atoms with Gasteiger partial charge in [0, 0.05) is 35.6 Å². The highest BCUT2D eigenvalue weighted by molar-refractivity contribution is 5.65. The summed E-state index contributed by atoms with van der Waals surface area (Å²) in [5.41, 5.74) is 2.36. The predicted octanol–water partition coefficient (Wildman–Crippen LogP) is 4.27. The van der Waals surface area contributed by atoms with E-state index in [0.29, 0.717) is 17.7 Å². The molecule has 1 aliphatic carbocycles. The summed E-state index contributed by atoms with van der Waals surface area (Å²) in [5.74, 6) is 0.755. The molecule has 2 unspecified atom stereocenters. The number of nitro benzene ring substituents is 1. The maximum atomic E-state index is 11.1. The standard InChI is InChI=1S/C22H23NO4/c1-21(2)19-6-4-3-5-15(19)13-17(10-12-24)22(21)11-9-16-14-18(23(25)26)7-8-20(16)27-22/h3-9,11,14,17,24H,10,12-13H2,1-2H3. The highest BCUT2D eigenvalue weighted by Gasteiger charge is 2.56. The van der Waals surface area contributed by atoms with E-state index in [9.17, 15) is 15.2 Å². The summed E-state index contributed by atoms with van der Waals surface area (Å²) in [5, 5.41) is 20.8. The zero-order valence-electron chi connectivity index (χ0n) is 15.5. The average molecular weight is 365 g/mol. The van der Waals surface area contributed by atoms with Gasteiger partial charge in [-0.3, -0.25) is 10.1 Å². The van der Waals surface area contributed by atoms with E-state index in [0.717, 1.165) is 6.42 Å². The van der Waals surface area contributed by atoms with Crippen molar-refractivity contribution < 1.29 is 14.8 Å². The van der Waals surface area contributed by atoms with E-state index in [1.165, 1.54) is 17.2 Å². The van der Waals surface area contributed by atoms with Gasteiger partial charge in [-0.05, 0) is 36.1 Å². The van der Waals surface area contributed by atoms with Crippen LogP contribution in [0.25, 0.3) is 6.08 Å². The lowest BCUT2D eigenvalue weighted by Crippen LogP contribution is -2.60. The number of non-ortho nitro benzene ring substituents is 1. The number of hydrogen-bond acceptors (Lipinski definition) is 4. The molecule has 0 bridgehead atoms. The summed E-state index contributed by atoms with van der Waals surface area (Å²) >= 11 is 0. The summed E-state index contributed by atoms with van der Waals surface area (Å²) in [7, 11) is 0. The molecule has 0 amide bonds. The molecule has 5 nitrogen and oxygen atoms in total. The number of nitro groups is 1. The quantitative estimate of drug-likeness (QED) is 0.651. The molecule has 2 aliphatic rings. The van der Waals surface area contributed by atoms with Gasteiger partial charge in [0.2, 0.25) is 0 Å². The van der Waals surface area contributed by atoms with Crippen LogP contribution in [0.4, 0.5) is 5.69 Å². The molecular formula is C22H23NO4. The number of nitrogens with zero attached hydrogens (tertiary/aromatic N) is 1. The van der Waals surface area contributed by atoms with E-state index >= 15 is 0 Å². The molecule has 0 fully saturated rings. The minimum Gasteiger partial charge on any atom is -0.481 e. The van der Waals surface area contributed by atoms with Crippen molar-refractivity contribution in [3.63, 3.8) is 0 Å². The van der Waals surface area contributed by atoms with E-state index in [1.807, 2.05) is 12.1 Å². The van der Waals surface area contributed by atoms with Crippen molar-refractivity contribution in [2.75, 3.05) is 6.61 Å². The van der Waals surface area contributed by atoms with Gasteiger partial charge in [-0.25, -0.2) is 0 Å². The molecule has 1 aliphatic heterocycles. The van der Waals surface area contributed by atoms with Gasteiger partial charge in [0.25, 0.3) is 5.69 Å². The Kier molecular flexibility index (Phi) is 4.07. The molecule has 4 rings (SSSR count). The third-order valence-corrected chi connectivity index (χ3v) is 6.21. The van der Waals surface area contributed by atoms with Crippen LogP contribution in [-0.4, -0.2) is 22.2 Å². The van der Waals surface area contributed by atoms with Crippen LogP contribution in [0.3, 0.4) is 0 Å². The Morgan fingerprint density at radius 1 is 1.26 bits per heavy atom. The third kappa shape index (κ3) is 2.57. The molecule has 5 heteroatoms. The first-order valence-electron chi connectivity index (χ1n) is 9.25. The largest absolute Gasteiger partial charge is 0.481 e. The molecule has 1 spiro atoms. The Morgan fingerprint density at radius 2 is 2.04 bits per heavy atom. The van der Waals surface area contributed by atoms with E-state index in [4.69, 9.17) is 4.74 Å². The Bertz CT molecular complexity index is 934. The van der Waals surface area contributed by atoms with Gasteiger partial charge in [0.15, 0.2) is 0 Å². The third-order valence-electron chi connectivity index (χ3n) is 6.21. The second-order valence-electron chi connectivity index (χ2n) is 7.90. The number of ether oxygens (including phenoxy) is 1. The van der Waals surface area contributed by atoms with Crippen molar-refractivity contribution in [3.05, 3.63) is 75.3 Å². The Morgan fingerprint density at radius 3 is 2.78 bits per heavy atom. The Labute approximate surface area is 158 Å². The number of aliphatic hydroxyl groups excluding tert-OH is 1. The molecular weight excluding hydrogens is 342 g/mol. The molecule has 0 radical (unpaired) electrons. The lowest BCUT2D eigenvalue weighted by atomic mass is 9.56. The Balaban J connectivity index is 1.85. The number of hydrogen-bond donors (Lipinski definition) is 1. The monoisotopic (exact) mass is 365 g/mol. The van der Waals surface area contributed by atoms with Crippen LogP contribution in [0.2, 0.25) is 0 Å². The van der Waals surface area contributed by atoms with Crippen molar-refractivity contribution in [3.8, 4) is 5.75 Å². The fourth-order valence-corrected chi connectivity index (χ4v) is 4.78. The van der Waals surface area contributed by atoms with E-state index in [1.54, 1.807) is 12.1 Å². The molecule has 27 heavy (non-hydrogen) atoms. The van der Waals surface area contributed by atoms with Crippen LogP contribution in [0.5, 0.6) is 5.75 Å². The first-order valence-corrected chi connectivity index (χ1v) is 9.25. The van der Waals surface area contributed by atoms with Gasteiger partial charge in [0.05, 0.1) is 4.92 Å². The first kappa shape index (κ1) is 17.7.